The first-order chi connectivity index (χ1) is 17.2. The van der Waals surface area contributed by atoms with Crippen LogP contribution in [0.3, 0.4) is 0 Å². The van der Waals surface area contributed by atoms with Crippen molar-refractivity contribution < 1.29 is 17.6 Å². The van der Waals surface area contributed by atoms with Crippen molar-refractivity contribution in [3.05, 3.63) is 100 Å². The number of fused-ring (bicyclic) bond motifs is 1. The fourth-order valence-electron chi connectivity index (χ4n) is 3.51. The quantitative estimate of drug-likeness (QED) is 0.371. The van der Waals surface area contributed by atoms with Crippen LogP contribution < -0.4 is 15.6 Å². The molecule has 2 N–H and O–H groups in total. The molecule has 0 saturated heterocycles. The average Bonchev–Trinajstić information content (AvgIpc) is 2.84. The number of amides is 1. The summed E-state index contributed by atoms with van der Waals surface area (Å²) in [6.07, 6.45) is 1.18. The summed E-state index contributed by atoms with van der Waals surface area (Å²) in [6, 6.07) is 17.1. The fraction of sp³-hybridized carbons (Fsp3) is 0.120. The van der Waals surface area contributed by atoms with Crippen LogP contribution in [0.15, 0.2) is 87.6 Å². The summed E-state index contributed by atoms with van der Waals surface area (Å²) < 4.78 is 43.6. The van der Waals surface area contributed by atoms with Crippen LogP contribution in [0.4, 0.5) is 10.1 Å². The van der Waals surface area contributed by atoms with E-state index in [9.17, 15) is 22.4 Å². The van der Waals surface area contributed by atoms with Crippen LogP contribution in [0.5, 0.6) is 0 Å². The van der Waals surface area contributed by atoms with Crippen molar-refractivity contribution in [1.82, 2.24) is 14.4 Å². The highest BCUT2D eigenvalue weighted by Gasteiger charge is 2.23. The second-order valence-corrected chi connectivity index (χ2v) is 9.63. The van der Waals surface area contributed by atoms with Gasteiger partial charge in [-0.1, -0.05) is 30.3 Å². The molecule has 4 aromatic rings. The average molecular weight is 508 g/mol. The Balaban J connectivity index is 1.73. The monoisotopic (exact) mass is 507 g/mol. The molecular formula is C25H22FN5O4S. The molecule has 184 valence electrons. The van der Waals surface area contributed by atoms with Crippen LogP contribution >= 0.6 is 0 Å². The van der Waals surface area contributed by atoms with Gasteiger partial charge in [-0.3, -0.25) is 9.59 Å². The van der Waals surface area contributed by atoms with Gasteiger partial charge in [-0.25, -0.2) is 22.5 Å². The first-order valence-electron chi connectivity index (χ1n) is 10.9. The van der Waals surface area contributed by atoms with E-state index in [2.05, 4.69) is 20.1 Å². The lowest BCUT2D eigenvalue weighted by atomic mass is 10.2. The van der Waals surface area contributed by atoms with Crippen LogP contribution in [-0.4, -0.2) is 30.2 Å². The Hall–Kier alpha value is -4.22. The molecule has 0 fully saturated rings. The van der Waals surface area contributed by atoms with Gasteiger partial charge >= 0.3 is 0 Å². The van der Waals surface area contributed by atoms with E-state index in [1.165, 1.54) is 62.5 Å². The number of aromatic nitrogens is 2. The van der Waals surface area contributed by atoms with E-state index in [0.29, 0.717) is 11.2 Å². The number of carbonyl (C=O) groups excluding carboxylic acids is 1. The lowest BCUT2D eigenvalue weighted by Crippen LogP contribution is -2.32. The molecular weight excluding hydrogens is 485 g/mol. The standard InChI is InChI=1S/C25H22FN5O4S/c1-16(30-36(34,35)20-13-11-19(12-14-20)28-17(2)32)24-29-23-10-6-4-8-21(23)25(33)31(24)27-15-18-7-3-5-9-22(18)26/h3-16,30H,1-2H3,(H,28,32)/b27-15+. The number of benzene rings is 3. The summed E-state index contributed by atoms with van der Waals surface area (Å²) in [4.78, 5) is 28.9. The van der Waals surface area contributed by atoms with Gasteiger partial charge < -0.3 is 5.32 Å². The molecule has 1 atom stereocenters. The minimum absolute atomic E-state index is 0.0183. The molecule has 9 nitrogen and oxygen atoms in total. The summed E-state index contributed by atoms with van der Waals surface area (Å²) in [5.41, 5.74) is 0.424. The van der Waals surface area contributed by atoms with Gasteiger partial charge in [0.15, 0.2) is 5.82 Å². The third-order valence-electron chi connectivity index (χ3n) is 5.20. The molecule has 3 aromatic carbocycles. The topological polar surface area (TPSA) is 123 Å². The number of rotatable bonds is 7. The summed E-state index contributed by atoms with van der Waals surface area (Å²) >= 11 is 0. The van der Waals surface area contributed by atoms with E-state index in [4.69, 9.17) is 0 Å². The zero-order valence-electron chi connectivity index (χ0n) is 19.3. The summed E-state index contributed by atoms with van der Waals surface area (Å²) in [7, 11) is -4.04. The fourth-order valence-corrected chi connectivity index (χ4v) is 4.71. The minimum Gasteiger partial charge on any atom is -0.326 e. The number of para-hydroxylation sites is 1. The van der Waals surface area contributed by atoms with Gasteiger partial charge in [-0.05, 0) is 49.4 Å². The number of halogens is 1. The largest absolute Gasteiger partial charge is 0.326 e. The summed E-state index contributed by atoms with van der Waals surface area (Å²) in [6.45, 7) is 2.87. The van der Waals surface area contributed by atoms with Crippen molar-refractivity contribution in [1.29, 1.82) is 0 Å². The van der Waals surface area contributed by atoms with Crippen LogP contribution in [0.25, 0.3) is 10.9 Å². The van der Waals surface area contributed by atoms with Gasteiger partial charge in [0.1, 0.15) is 5.82 Å². The van der Waals surface area contributed by atoms with E-state index in [1.54, 1.807) is 30.3 Å². The van der Waals surface area contributed by atoms with Gasteiger partial charge in [0.25, 0.3) is 5.56 Å². The first kappa shape index (κ1) is 24.9. The molecule has 4 rings (SSSR count). The molecule has 0 bridgehead atoms. The van der Waals surface area contributed by atoms with E-state index in [0.717, 1.165) is 4.68 Å². The number of anilines is 1. The zero-order chi connectivity index (χ0) is 25.9. The molecule has 36 heavy (non-hydrogen) atoms. The van der Waals surface area contributed by atoms with E-state index < -0.39 is 27.4 Å². The maximum atomic E-state index is 14.1. The van der Waals surface area contributed by atoms with Gasteiger partial charge in [0.2, 0.25) is 15.9 Å². The number of sulfonamides is 1. The Morgan fingerprint density at radius 2 is 1.72 bits per heavy atom. The Bertz CT molecular complexity index is 1630. The van der Waals surface area contributed by atoms with Crippen LogP contribution in [0.2, 0.25) is 0 Å². The van der Waals surface area contributed by atoms with E-state index in [1.807, 2.05) is 0 Å². The highest BCUT2D eigenvalue weighted by molar-refractivity contribution is 7.89. The Kier molecular flexibility index (Phi) is 7.04. The number of hydrogen-bond donors (Lipinski definition) is 2. The van der Waals surface area contributed by atoms with Crippen molar-refractivity contribution in [2.75, 3.05) is 5.32 Å². The molecule has 1 aromatic heterocycles. The summed E-state index contributed by atoms with van der Waals surface area (Å²) in [5, 5.41) is 6.99. The van der Waals surface area contributed by atoms with Crippen LogP contribution in [0.1, 0.15) is 31.3 Å². The molecule has 1 amide bonds. The van der Waals surface area contributed by atoms with Gasteiger partial charge in [-0.15, -0.1) is 0 Å². The first-order valence-corrected chi connectivity index (χ1v) is 12.3. The highest BCUT2D eigenvalue weighted by atomic mass is 32.2. The van der Waals surface area contributed by atoms with Crippen LogP contribution in [-0.2, 0) is 14.8 Å². The van der Waals surface area contributed by atoms with Gasteiger partial charge in [0, 0.05) is 18.2 Å². The molecule has 0 aliphatic rings. The Morgan fingerprint density at radius 3 is 2.42 bits per heavy atom. The molecule has 0 radical (unpaired) electrons. The lowest BCUT2D eigenvalue weighted by Gasteiger charge is -2.17. The zero-order valence-corrected chi connectivity index (χ0v) is 20.2. The molecule has 1 heterocycles. The van der Waals surface area contributed by atoms with E-state index >= 15 is 0 Å². The molecule has 1 unspecified atom stereocenters. The molecule has 0 spiro atoms. The van der Waals surface area contributed by atoms with Crippen molar-refractivity contribution in [2.45, 2.75) is 24.8 Å². The van der Waals surface area contributed by atoms with E-state index in [-0.39, 0.29) is 27.6 Å². The SMILES string of the molecule is CC(=O)Nc1ccc(S(=O)(=O)NC(C)c2nc3ccccc3c(=O)n2/N=C/c2ccccc2F)cc1. The predicted molar refractivity (Wildman–Crippen MR) is 135 cm³/mol. The Morgan fingerprint density at radius 1 is 1.06 bits per heavy atom. The third-order valence-corrected chi connectivity index (χ3v) is 6.76. The highest BCUT2D eigenvalue weighted by Crippen LogP contribution is 2.19. The van der Waals surface area contributed by atoms with Crippen LogP contribution in [0, 0.1) is 5.82 Å². The van der Waals surface area contributed by atoms with Crippen molar-refractivity contribution in [3.8, 4) is 0 Å². The molecule has 0 saturated carbocycles. The van der Waals surface area contributed by atoms with Gasteiger partial charge in [0.05, 0.1) is 28.1 Å². The number of hydrogen-bond acceptors (Lipinski definition) is 6. The summed E-state index contributed by atoms with van der Waals surface area (Å²) in [5.74, 6) is -0.792. The second kappa shape index (κ2) is 10.2. The van der Waals surface area contributed by atoms with Gasteiger partial charge in [-0.2, -0.15) is 9.78 Å². The second-order valence-electron chi connectivity index (χ2n) is 7.92. The number of nitrogens with zero attached hydrogens (tertiary/aromatic N) is 3. The Labute approximate surface area is 206 Å². The maximum absolute atomic E-state index is 14.1. The molecule has 0 aliphatic heterocycles. The normalized spacial score (nSPS) is 12.6. The number of nitrogens with one attached hydrogen (secondary N) is 2. The lowest BCUT2D eigenvalue weighted by molar-refractivity contribution is -0.114. The van der Waals surface area contributed by atoms with Crippen molar-refractivity contribution in [2.24, 2.45) is 5.10 Å². The number of carbonyl (C=O) groups is 1. The maximum Gasteiger partial charge on any atom is 0.282 e. The molecule has 0 aliphatic carbocycles. The predicted octanol–water partition coefficient (Wildman–Crippen LogP) is 3.42. The van der Waals surface area contributed by atoms with Crippen molar-refractivity contribution >= 4 is 38.7 Å². The van der Waals surface area contributed by atoms with Crippen molar-refractivity contribution in [3.63, 3.8) is 0 Å². The smallest absolute Gasteiger partial charge is 0.282 e. The molecule has 11 heteroatoms. The third kappa shape index (κ3) is 5.37. The minimum atomic E-state index is -4.04.